The van der Waals surface area contributed by atoms with Crippen molar-refractivity contribution in [1.82, 2.24) is 9.97 Å². The number of hydrogen-bond acceptors (Lipinski definition) is 3. The van der Waals surface area contributed by atoms with Crippen LogP contribution in [0.4, 0.5) is 4.39 Å². The summed E-state index contributed by atoms with van der Waals surface area (Å²) in [6.07, 6.45) is 1.69. The molecule has 0 fully saturated rings. The van der Waals surface area contributed by atoms with Crippen molar-refractivity contribution in [3.05, 3.63) is 91.9 Å². The van der Waals surface area contributed by atoms with E-state index in [-0.39, 0.29) is 12.4 Å². The smallest absolute Gasteiger partial charge is 0.149 e. The molecule has 0 unspecified atom stereocenters. The number of aromatic amines is 1. The van der Waals surface area contributed by atoms with Crippen molar-refractivity contribution in [2.75, 3.05) is 0 Å². The summed E-state index contributed by atoms with van der Waals surface area (Å²) >= 11 is 15.6. The Bertz CT molecular complexity index is 1360. The highest BCUT2D eigenvalue weighted by atomic mass is 79.9. The van der Waals surface area contributed by atoms with Crippen LogP contribution in [0.15, 0.2) is 59.1 Å². The van der Waals surface area contributed by atoms with E-state index in [2.05, 4.69) is 32.0 Å². The maximum absolute atomic E-state index is 13.4. The van der Waals surface area contributed by atoms with Crippen LogP contribution in [0.5, 0.6) is 5.75 Å². The Balaban J connectivity index is 1.55. The predicted octanol–water partition coefficient (Wildman–Crippen LogP) is 7.41. The van der Waals surface area contributed by atoms with Gasteiger partial charge in [0.1, 0.15) is 30.1 Å². The Morgan fingerprint density at radius 1 is 1.16 bits per heavy atom. The molecule has 0 bridgehead atoms. The number of rotatable bonds is 5. The first kappa shape index (κ1) is 21.4. The van der Waals surface area contributed by atoms with Crippen LogP contribution >= 0.6 is 39.1 Å². The molecule has 4 rings (SSSR count). The molecule has 0 saturated heterocycles. The number of allylic oxidation sites excluding steroid dienone is 1. The highest BCUT2D eigenvalue weighted by molar-refractivity contribution is 9.10. The minimum absolute atomic E-state index is 0.281. The molecule has 1 aromatic heterocycles. The van der Waals surface area contributed by atoms with Crippen LogP contribution in [0, 0.1) is 17.1 Å². The molecule has 0 spiro atoms. The molecule has 4 nitrogen and oxygen atoms in total. The van der Waals surface area contributed by atoms with Gasteiger partial charge in [0.05, 0.1) is 21.1 Å². The molecule has 1 N–H and O–H groups in total. The molecule has 3 aromatic carbocycles. The van der Waals surface area contributed by atoms with Gasteiger partial charge in [-0.05, 0) is 70.0 Å². The van der Waals surface area contributed by atoms with Crippen molar-refractivity contribution >= 4 is 61.8 Å². The van der Waals surface area contributed by atoms with Crippen LogP contribution in [0.1, 0.15) is 17.0 Å². The van der Waals surface area contributed by atoms with E-state index in [9.17, 15) is 9.65 Å². The molecule has 0 aliphatic carbocycles. The van der Waals surface area contributed by atoms with E-state index in [4.69, 9.17) is 27.9 Å². The number of aromatic nitrogens is 2. The summed E-state index contributed by atoms with van der Waals surface area (Å²) in [6, 6.07) is 17.1. The number of hydrogen-bond donors (Lipinski definition) is 1. The van der Waals surface area contributed by atoms with Crippen LogP contribution in [-0.2, 0) is 6.61 Å². The number of halogens is 4. The maximum Gasteiger partial charge on any atom is 0.149 e. The summed E-state index contributed by atoms with van der Waals surface area (Å²) in [4.78, 5) is 7.35. The quantitative estimate of drug-likeness (QED) is 0.281. The monoisotopic (exact) mass is 515 g/mol. The lowest BCUT2D eigenvalue weighted by Crippen LogP contribution is -1.97. The van der Waals surface area contributed by atoms with Crippen LogP contribution < -0.4 is 4.74 Å². The highest BCUT2D eigenvalue weighted by Crippen LogP contribution is 2.30. The van der Waals surface area contributed by atoms with E-state index in [1.807, 2.05) is 18.2 Å². The van der Waals surface area contributed by atoms with E-state index in [1.54, 1.807) is 30.3 Å². The molecule has 0 radical (unpaired) electrons. The zero-order valence-corrected chi connectivity index (χ0v) is 18.9. The average molecular weight is 517 g/mol. The van der Waals surface area contributed by atoms with E-state index in [0.29, 0.717) is 38.2 Å². The Labute approximate surface area is 196 Å². The summed E-state index contributed by atoms with van der Waals surface area (Å²) in [5.41, 5.74) is 3.03. The van der Waals surface area contributed by atoms with Crippen molar-refractivity contribution < 1.29 is 9.13 Å². The lowest BCUT2D eigenvalue weighted by atomic mass is 10.1. The van der Waals surface area contributed by atoms with Gasteiger partial charge in [-0.15, -0.1) is 0 Å². The van der Waals surface area contributed by atoms with E-state index >= 15 is 0 Å². The van der Waals surface area contributed by atoms with Crippen molar-refractivity contribution in [2.45, 2.75) is 6.61 Å². The summed E-state index contributed by atoms with van der Waals surface area (Å²) in [5, 5.41) is 10.7. The lowest BCUT2D eigenvalue weighted by molar-refractivity contribution is 0.304. The molecule has 0 aliphatic rings. The molecule has 8 heteroatoms. The number of benzene rings is 3. The third-order valence-corrected chi connectivity index (χ3v) is 5.69. The standard InChI is InChI=1S/C23H13BrCl2FN3O/c24-18-8-13(1-6-22(18)31-12-14-2-3-16(25)9-19(14)26)7-15(11-28)23-29-20-5-4-17(27)10-21(20)30-23/h1-10H,12H2,(H,29,30)/b15-7-. The molecule has 0 saturated carbocycles. The number of imidazole rings is 1. The fourth-order valence-electron chi connectivity index (χ4n) is 2.95. The van der Waals surface area contributed by atoms with Gasteiger partial charge in [0.2, 0.25) is 0 Å². The van der Waals surface area contributed by atoms with E-state index in [1.165, 1.54) is 12.1 Å². The van der Waals surface area contributed by atoms with E-state index in [0.717, 1.165) is 15.6 Å². The van der Waals surface area contributed by atoms with Gasteiger partial charge in [-0.3, -0.25) is 0 Å². The Kier molecular flexibility index (Phi) is 6.28. The van der Waals surface area contributed by atoms with E-state index < -0.39 is 0 Å². The summed E-state index contributed by atoms with van der Waals surface area (Å²) in [7, 11) is 0. The Morgan fingerprint density at radius 2 is 2.00 bits per heavy atom. The first-order valence-corrected chi connectivity index (χ1v) is 10.6. The van der Waals surface area contributed by atoms with Crippen LogP contribution in [0.3, 0.4) is 0 Å². The molecule has 4 aromatic rings. The fourth-order valence-corrected chi connectivity index (χ4v) is 3.92. The second-order valence-electron chi connectivity index (χ2n) is 6.63. The molecule has 31 heavy (non-hydrogen) atoms. The number of fused-ring (bicyclic) bond motifs is 1. The van der Waals surface area contributed by atoms with Crippen LogP contribution in [0.2, 0.25) is 10.0 Å². The SMILES string of the molecule is N#C/C(=C/c1ccc(OCc2ccc(Cl)cc2Cl)c(Br)c1)c1nc2ccc(F)cc2[nH]1. The van der Waals surface area contributed by atoms with Gasteiger partial charge in [-0.1, -0.05) is 35.3 Å². The minimum atomic E-state index is -0.371. The van der Waals surface area contributed by atoms with Crippen molar-refractivity contribution in [1.29, 1.82) is 5.26 Å². The van der Waals surface area contributed by atoms with Crippen LogP contribution in [-0.4, -0.2) is 9.97 Å². The molecule has 0 aliphatic heterocycles. The van der Waals surface area contributed by atoms with Gasteiger partial charge in [0.15, 0.2) is 0 Å². The van der Waals surface area contributed by atoms with Crippen molar-refractivity contribution in [3.8, 4) is 11.8 Å². The molecular weight excluding hydrogens is 504 g/mol. The zero-order valence-electron chi connectivity index (χ0n) is 15.8. The Morgan fingerprint density at radius 3 is 2.74 bits per heavy atom. The van der Waals surface area contributed by atoms with Crippen molar-refractivity contribution in [3.63, 3.8) is 0 Å². The predicted molar refractivity (Wildman–Crippen MR) is 124 cm³/mol. The molecule has 0 atom stereocenters. The molecule has 0 amide bonds. The summed E-state index contributed by atoms with van der Waals surface area (Å²) in [5.74, 6) is 0.627. The van der Waals surface area contributed by atoms with Gasteiger partial charge >= 0.3 is 0 Å². The third-order valence-electron chi connectivity index (χ3n) is 4.48. The van der Waals surface area contributed by atoms with Crippen LogP contribution in [0.25, 0.3) is 22.7 Å². The van der Waals surface area contributed by atoms with Gasteiger partial charge in [-0.25, -0.2) is 9.37 Å². The normalized spacial score (nSPS) is 11.5. The number of nitriles is 1. The van der Waals surface area contributed by atoms with Gasteiger partial charge in [0.25, 0.3) is 0 Å². The average Bonchev–Trinajstić information content (AvgIpc) is 3.15. The topological polar surface area (TPSA) is 61.7 Å². The van der Waals surface area contributed by atoms with Gasteiger partial charge in [0, 0.05) is 15.6 Å². The number of H-pyrrole nitrogens is 1. The largest absolute Gasteiger partial charge is 0.488 e. The van der Waals surface area contributed by atoms with Gasteiger partial charge in [-0.2, -0.15) is 5.26 Å². The Hall–Kier alpha value is -2.85. The lowest BCUT2D eigenvalue weighted by Gasteiger charge is -2.10. The zero-order chi connectivity index (χ0) is 22.0. The second kappa shape index (κ2) is 9.11. The molecular formula is C23H13BrCl2FN3O. The third kappa shape index (κ3) is 4.91. The summed E-state index contributed by atoms with van der Waals surface area (Å²) in [6.45, 7) is 0.281. The highest BCUT2D eigenvalue weighted by Gasteiger charge is 2.10. The molecule has 1 heterocycles. The maximum atomic E-state index is 13.4. The number of nitrogens with one attached hydrogen (secondary N) is 1. The van der Waals surface area contributed by atoms with Gasteiger partial charge < -0.3 is 9.72 Å². The number of ether oxygens (including phenoxy) is 1. The fraction of sp³-hybridized carbons (Fsp3) is 0.0435. The number of nitrogens with zero attached hydrogens (tertiary/aromatic N) is 2. The van der Waals surface area contributed by atoms with Crippen molar-refractivity contribution in [2.24, 2.45) is 0 Å². The summed E-state index contributed by atoms with van der Waals surface area (Å²) < 4.78 is 20.0. The minimum Gasteiger partial charge on any atom is -0.488 e. The molecule has 154 valence electrons. The first-order chi connectivity index (χ1) is 14.9. The first-order valence-electron chi connectivity index (χ1n) is 9.06. The second-order valence-corrected chi connectivity index (χ2v) is 8.33.